The Labute approximate surface area is 159 Å². The van der Waals surface area contributed by atoms with Crippen LogP contribution < -0.4 is 10.9 Å². The third kappa shape index (κ3) is 4.51. The van der Waals surface area contributed by atoms with Gasteiger partial charge in [0.1, 0.15) is 5.39 Å². The second kappa shape index (κ2) is 8.02. The van der Waals surface area contributed by atoms with Crippen molar-refractivity contribution in [3.8, 4) is 0 Å². The van der Waals surface area contributed by atoms with E-state index in [4.69, 9.17) is 5.11 Å². The van der Waals surface area contributed by atoms with Gasteiger partial charge in [-0.15, -0.1) is 0 Å². The van der Waals surface area contributed by atoms with Crippen molar-refractivity contribution >= 4 is 34.4 Å². The van der Waals surface area contributed by atoms with Crippen LogP contribution in [0.5, 0.6) is 0 Å². The molecule has 0 aliphatic carbocycles. The van der Waals surface area contributed by atoms with E-state index in [1.54, 1.807) is 0 Å². The molecule has 0 spiro atoms. The van der Waals surface area contributed by atoms with Crippen LogP contribution in [0.1, 0.15) is 5.56 Å². The van der Waals surface area contributed by atoms with E-state index >= 15 is 0 Å². The lowest BCUT2D eigenvalue weighted by Crippen LogP contribution is -2.16. The highest BCUT2D eigenvalue weighted by Crippen LogP contribution is 2.29. The normalized spacial score (nSPS) is 11.7. The fourth-order valence-corrected chi connectivity index (χ4v) is 3.00. The molecule has 0 saturated carbocycles. The number of anilines is 1. The summed E-state index contributed by atoms with van der Waals surface area (Å²) in [5.74, 6) is -0.597. The minimum atomic E-state index is -4.45. The summed E-state index contributed by atoms with van der Waals surface area (Å²) < 4.78 is 39.0. The molecular formula is C16H14F3N5O3S. The van der Waals surface area contributed by atoms with Gasteiger partial charge in [-0.3, -0.25) is 9.59 Å². The van der Waals surface area contributed by atoms with Crippen LogP contribution in [0.2, 0.25) is 0 Å². The topological polar surface area (TPSA) is 113 Å². The molecule has 1 amide bonds. The van der Waals surface area contributed by atoms with Gasteiger partial charge in [-0.1, -0.05) is 11.8 Å². The number of aliphatic hydroxyl groups excluding tert-OH is 1. The first kappa shape index (κ1) is 19.9. The van der Waals surface area contributed by atoms with Gasteiger partial charge < -0.3 is 15.4 Å². The van der Waals surface area contributed by atoms with Gasteiger partial charge in [0.15, 0.2) is 10.8 Å². The van der Waals surface area contributed by atoms with E-state index in [1.807, 2.05) is 0 Å². The molecule has 0 unspecified atom stereocenters. The largest absolute Gasteiger partial charge is 0.416 e. The highest BCUT2D eigenvalue weighted by molar-refractivity contribution is 7.99. The number of aromatic nitrogens is 4. The molecule has 0 atom stereocenters. The van der Waals surface area contributed by atoms with Crippen molar-refractivity contribution in [3.63, 3.8) is 0 Å². The first-order valence-corrected chi connectivity index (χ1v) is 8.93. The number of hydrogen-bond donors (Lipinski definition) is 3. The molecule has 0 fully saturated rings. The van der Waals surface area contributed by atoms with Crippen LogP contribution in [0.4, 0.5) is 18.9 Å². The summed E-state index contributed by atoms with van der Waals surface area (Å²) in [5.41, 5.74) is -0.741. The second-order valence-electron chi connectivity index (χ2n) is 5.61. The SMILES string of the molecule is O=C(CSc1nc2c(cnn2CCO)c(=O)[nH]1)Nc1ccc(C(F)(F)F)cc1. The van der Waals surface area contributed by atoms with Gasteiger partial charge in [-0.2, -0.15) is 18.3 Å². The molecule has 8 nitrogen and oxygen atoms in total. The fraction of sp³-hybridized carbons (Fsp3) is 0.250. The van der Waals surface area contributed by atoms with E-state index in [2.05, 4.69) is 20.4 Å². The number of aliphatic hydroxyl groups is 1. The van der Waals surface area contributed by atoms with Gasteiger partial charge in [-0.25, -0.2) is 9.67 Å². The molecule has 2 aromatic heterocycles. The first-order valence-electron chi connectivity index (χ1n) is 7.94. The van der Waals surface area contributed by atoms with E-state index in [-0.39, 0.29) is 40.8 Å². The molecule has 148 valence electrons. The summed E-state index contributed by atoms with van der Waals surface area (Å²) >= 11 is 0.952. The Morgan fingerprint density at radius 2 is 2.00 bits per heavy atom. The molecule has 2 heterocycles. The zero-order valence-corrected chi connectivity index (χ0v) is 15.0. The van der Waals surface area contributed by atoms with Crippen molar-refractivity contribution < 1.29 is 23.1 Å². The summed E-state index contributed by atoms with van der Waals surface area (Å²) in [6, 6.07) is 4.06. The highest BCUT2D eigenvalue weighted by Gasteiger charge is 2.30. The van der Waals surface area contributed by atoms with Crippen molar-refractivity contribution in [3.05, 3.63) is 46.4 Å². The smallest absolute Gasteiger partial charge is 0.394 e. The maximum Gasteiger partial charge on any atom is 0.416 e. The molecule has 28 heavy (non-hydrogen) atoms. The minimum absolute atomic E-state index is 0.121. The lowest BCUT2D eigenvalue weighted by molar-refractivity contribution is -0.137. The van der Waals surface area contributed by atoms with E-state index in [0.717, 1.165) is 36.0 Å². The van der Waals surface area contributed by atoms with E-state index in [1.165, 1.54) is 10.9 Å². The summed E-state index contributed by atoms with van der Waals surface area (Å²) in [7, 11) is 0. The van der Waals surface area contributed by atoms with Crippen LogP contribution in [0, 0.1) is 0 Å². The molecule has 3 rings (SSSR count). The standard InChI is InChI=1S/C16H14F3N5O3S/c17-16(18,19)9-1-3-10(4-2-9)21-12(26)8-28-15-22-13-11(14(27)23-15)7-20-24(13)5-6-25/h1-4,7,25H,5-6,8H2,(H,21,26)(H,22,23,27). The number of amides is 1. The number of halogens is 3. The van der Waals surface area contributed by atoms with E-state index < -0.39 is 23.2 Å². The summed E-state index contributed by atoms with van der Waals surface area (Å²) in [4.78, 5) is 30.8. The number of rotatable bonds is 6. The Kier molecular flexibility index (Phi) is 5.70. The molecule has 1 aromatic carbocycles. The Morgan fingerprint density at radius 3 is 2.64 bits per heavy atom. The third-order valence-electron chi connectivity index (χ3n) is 3.63. The maximum atomic E-state index is 12.5. The summed E-state index contributed by atoms with van der Waals surface area (Å²) in [5, 5.41) is 15.9. The summed E-state index contributed by atoms with van der Waals surface area (Å²) in [6.07, 6.45) is -3.11. The predicted octanol–water partition coefficient (Wildman–Crippen LogP) is 1.86. The number of hydrogen-bond acceptors (Lipinski definition) is 6. The number of fused-ring (bicyclic) bond motifs is 1. The van der Waals surface area contributed by atoms with Crippen LogP contribution >= 0.6 is 11.8 Å². The highest BCUT2D eigenvalue weighted by atomic mass is 32.2. The molecular weight excluding hydrogens is 399 g/mol. The number of aromatic amines is 1. The zero-order valence-electron chi connectivity index (χ0n) is 14.2. The number of benzene rings is 1. The van der Waals surface area contributed by atoms with Crippen molar-refractivity contribution in [1.82, 2.24) is 19.7 Å². The summed E-state index contributed by atoms with van der Waals surface area (Å²) in [6.45, 7) is -0.0122. The van der Waals surface area contributed by atoms with Crippen molar-refractivity contribution in [2.75, 3.05) is 17.7 Å². The van der Waals surface area contributed by atoms with Crippen LogP contribution in [-0.2, 0) is 17.5 Å². The van der Waals surface area contributed by atoms with Crippen LogP contribution in [0.3, 0.4) is 0 Å². The number of carbonyl (C=O) groups is 1. The van der Waals surface area contributed by atoms with Crippen molar-refractivity contribution in [2.45, 2.75) is 17.9 Å². The quantitative estimate of drug-likeness (QED) is 0.420. The van der Waals surface area contributed by atoms with Gasteiger partial charge in [0.2, 0.25) is 5.91 Å². The number of nitrogens with zero attached hydrogens (tertiary/aromatic N) is 3. The van der Waals surface area contributed by atoms with Crippen LogP contribution in [0.15, 0.2) is 40.4 Å². The molecule has 0 aliphatic heterocycles. The molecule has 3 aromatic rings. The van der Waals surface area contributed by atoms with Crippen molar-refractivity contribution in [1.29, 1.82) is 0 Å². The number of carbonyl (C=O) groups excluding carboxylic acids is 1. The number of H-pyrrole nitrogens is 1. The number of nitrogens with one attached hydrogen (secondary N) is 2. The van der Waals surface area contributed by atoms with Gasteiger partial charge in [0.05, 0.1) is 30.7 Å². The first-order chi connectivity index (χ1) is 13.3. The third-order valence-corrected chi connectivity index (χ3v) is 4.51. The predicted molar refractivity (Wildman–Crippen MR) is 96.0 cm³/mol. The Balaban J connectivity index is 1.66. The van der Waals surface area contributed by atoms with Crippen LogP contribution in [-0.4, -0.2) is 43.1 Å². The fourth-order valence-electron chi connectivity index (χ4n) is 2.35. The Hall–Kier alpha value is -2.86. The van der Waals surface area contributed by atoms with Crippen LogP contribution in [0.25, 0.3) is 11.0 Å². The maximum absolute atomic E-state index is 12.5. The minimum Gasteiger partial charge on any atom is -0.394 e. The lowest BCUT2D eigenvalue weighted by atomic mass is 10.2. The zero-order chi connectivity index (χ0) is 20.3. The molecule has 0 aliphatic rings. The van der Waals surface area contributed by atoms with Gasteiger partial charge in [0, 0.05) is 5.69 Å². The van der Waals surface area contributed by atoms with Gasteiger partial charge >= 0.3 is 6.18 Å². The average molecular weight is 413 g/mol. The molecule has 0 radical (unpaired) electrons. The van der Waals surface area contributed by atoms with Gasteiger partial charge in [-0.05, 0) is 24.3 Å². The molecule has 12 heteroatoms. The van der Waals surface area contributed by atoms with Gasteiger partial charge in [0.25, 0.3) is 5.56 Å². The number of thioether (sulfide) groups is 1. The van der Waals surface area contributed by atoms with E-state index in [0.29, 0.717) is 0 Å². The monoisotopic (exact) mass is 413 g/mol. The van der Waals surface area contributed by atoms with E-state index in [9.17, 15) is 22.8 Å². The number of alkyl halides is 3. The Bertz CT molecular complexity index is 1050. The molecule has 0 bridgehead atoms. The molecule has 3 N–H and O–H groups in total. The van der Waals surface area contributed by atoms with Crippen molar-refractivity contribution in [2.24, 2.45) is 0 Å². The molecule has 0 saturated heterocycles. The lowest BCUT2D eigenvalue weighted by Gasteiger charge is -2.08. The average Bonchev–Trinajstić information content (AvgIpc) is 3.04. The second-order valence-corrected chi connectivity index (χ2v) is 6.58. The Morgan fingerprint density at radius 1 is 1.29 bits per heavy atom.